The van der Waals surface area contributed by atoms with Gasteiger partial charge in [0.15, 0.2) is 5.65 Å². The Morgan fingerprint density at radius 2 is 2.00 bits per heavy atom. The monoisotopic (exact) mass is 324 g/mol. The van der Waals surface area contributed by atoms with Crippen molar-refractivity contribution in [3.05, 3.63) is 30.6 Å². The molecule has 0 radical (unpaired) electrons. The average Bonchev–Trinajstić information content (AvgIpc) is 3.36. The van der Waals surface area contributed by atoms with Crippen LogP contribution in [-0.4, -0.2) is 41.4 Å². The van der Waals surface area contributed by atoms with E-state index < -0.39 is 0 Å². The zero-order chi connectivity index (χ0) is 16.0. The van der Waals surface area contributed by atoms with Crippen LogP contribution in [0.2, 0.25) is 0 Å². The fourth-order valence-electron chi connectivity index (χ4n) is 3.58. The minimum absolute atomic E-state index is 0.117. The lowest BCUT2D eigenvalue weighted by atomic mass is 9.92. The Bertz CT molecular complexity index is 907. The van der Waals surface area contributed by atoms with Crippen LogP contribution in [0.25, 0.3) is 11.0 Å². The Kier molecular flexibility index (Phi) is 2.81. The lowest BCUT2D eigenvalue weighted by Crippen LogP contribution is -2.24. The number of H-pyrrole nitrogens is 1. The largest absolute Gasteiger partial charge is 0.389 e. The molecule has 9 nitrogen and oxygen atoms in total. The molecule has 0 saturated heterocycles. The molecule has 2 aliphatic rings. The first-order valence-corrected chi connectivity index (χ1v) is 8.02. The topological polar surface area (TPSA) is 106 Å². The molecule has 1 aliphatic heterocycles. The second-order valence-electron chi connectivity index (χ2n) is 6.36. The summed E-state index contributed by atoms with van der Waals surface area (Å²) in [6.07, 6.45) is 12.1. The zero-order valence-electron chi connectivity index (χ0n) is 12.9. The molecular weight excluding hydrogens is 308 g/mol. The van der Waals surface area contributed by atoms with E-state index in [9.17, 15) is 0 Å². The van der Waals surface area contributed by atoms with E-state index >= 15 is 0 Å². The van der Waals surface area contributed by atoms with Crippen LogP contribution in [0.15, 0.2) is 30.2 Å². The number of rotatable bonds is 3. The van der Waals surface area contributed by atoms with E-state index in [1.54, 1.807) is 23.5 Å². The molecule has 122 valence electrons. The van der Waals surface area contributed by atoms with Gasteiger partial charge in [0.25, 0.3) is 0 Å². The van der Waals surface area contributed by atoms with E-state index in [0.717, 1.165) is 41.6 Å². The van der Waals surface area contributed by atoms with Crippen LogP contribution in [0.4, 0.5) is 5.69 Å². The van der Waals surface area contributed by atoms with Crippen LogP contribution in [0.3, 0.4) is 0 Å². The van der Waals surface area contributed by atoms with Crippen LogP contribution in [-0.2, 0) is 4.84 Å². The SMILES string of the molecule is c1nc2[nH]ncc2c(Nn2cnnc2)c1C1=NOC2(CCCC2)C1. The van der Waals surface area contributed by atoms with E-state index in [1.807, 2.05) is 6.20 Å². The highest BCUT2D eigenvalue weighted by Crippen LogP contribution is 2.42. The summed E-state index contributed by atoms with van der Waals surface area (Å²) in [5, 5.41) is 19.9. The van der Waals surface area contributed by atoms with Crippen LogP contribution >= 0.6 is 0 Å². The molecule has 24 heavy (non-hydrogen) atoms. The molecule has 1 spiro atoms. The van der Waals surface area contributed by atoms with Gasteiger partial charge in [-0.1, -0.05) is 5.16 Å². The molecule has 0 aromatic carbocycles. The molecule has 0 amide bonds. The number of hydrogen-bond acceptors (Lipinski definition) is 7. The number of oxime groups is 1. The second kappa shape index (κ2) is 5.02. The summed E-state index contributed by atoms with van der Waals surface area (Å²) in [5.41, 5.74) is 6.59. The number of aromatic nitrogens is 6. The van der Waals surface area contributed by atoms with Crippen molar-refractivity contribution in [2.45, 2.75) is 37.7 Å². The third kappa shape index (κ3) is 2.04. The van der Waals surface area contributed by atoms with Crippen molar-refractivity contribution in [2.75, 3.05) is 5.43 Å². The Hall–Kier alpha value is -2.97. The number of fused-ring (bicyclic) bond motifs is 1. The maximum absolute atomic E-state index is 5.83. The predicted molar refractivity (Wildman–Crippen MR) is 86.4 cm³/mol. The van der Waals surface area contributed by atoms with Crippen molar-refractivity contribution < 1.29 is 4.84 Å². The summed E-state index contributed by atoms with van der Waals surface area (Å²) in [4.78, 5) is 10.3. The maximum Gasteiger partial charge on any atom is 0.157 e. The van der Waals surface area contributed by atoms with Crippen molar-refractivity contribution >= 4 is 22.4 Å². The predicted octanol–water partition coefficient (Wildman–Crippen LogP) is 1.86. The van der Waals surface area contributed by atoms with Gasteiger partial charge in [0.2, 0.25) is 0 Å². The van der Waals surface area contributed by atoms with Crippen molar-refractivity contribution in [3.8, 4) is 0 Å². The fourth-order valence-corrected chi connectivity index (χ4v) is 3.58. The van der Waals surface area contributed by atoms with Gasteiger partial charge >= 0.3 is 0 Å². The van der Waals surface area contributed by atoms with E-state index in [-0.39, 0.29) is 5.60 Å². The van der Waals surface area contributed by atoms with Gasteiger partial charge < -0.3 is 4.84 Å². The molecule has 0 atom stereocenters. The third-order valence-corrected chi connectivity index (χ3v) is 4.81. The van der Waals surface area contributed by atoms with Gasteiger partial charge in [-0.15, -0.1) is 10.2 Å². The number of hydrogen-bond donors (Lipinski definition) is 2. The molecule has 0 bridgehead atoms. The van der Waals surface area contributed by atoms with Gasteiger partial charge in [0.1, 0.15) is 18.3 Å². The quantitative estimate of drug-likeness (QED) is 0.762. The van der Waals surface area contributed by atoms with Gasteiger partial charge in [0.05, 0.1) is 23.0 Å². The molecule has 1 aliphatic carbocycles. The second-order valence-corrected chi connectivity index (χ2v) is 6.36. The van der Waals surface area contributed by atoms with Crippen LogP contribution in [0.1, 0.15) is 37.7 Å². The number of aromatic amines is 1. The summed E-state index contributed by atoms with van der Waals surface area (Å²) in [6.45, 7) is 0. The van der Waals surface area contributed by atoms with Crippen molar-refractivity contribution in [1.82, 2.24) is 30.1 Å². The zero-order valence-corrected chi connectivity index (χ0v) is 12.9. The Labute approximate surface area is 137 Å². The highest BCUT2D eigenvalue weighted by molar-refractivity contribution is 6.10. The van der Waals surface area contributed by atoms with Crippen molar-refractivity contribution in [2.24, 2.45) is 5.16 Å². The summed E-state index contributed by atoms with van der Waals surface area (Å²) in [7, 11) is 0. The summed E-state index contributed by atoms with van der Waals surface area (Å²) < 4.78 is 1.69. The van der Waals surface area contributed by atoms with Crippen LogP contribution in [0.5, 0.6) is 0 Å². The molecule has 4 heterocycles. The van der Waals surface area contributed by atoms with E-state index in [0.29, 0.717) is 5.65 Å². The molecule has 3 aromatic rings. The van der Waals surface area contributed by atoms with Gasteiger partial charge in [-0.05, 0) is 25.7 Å². The molecule has 0 unspecified atom stereocenters. The van der Waals surface area contributed by atoms with Gasteiger partial charge in [0, 0.05) is 18.2 Å². The van der Waals surface area contributed by atoms with E-state index in [2.05, 4.69) is 36.0 Å². The normalized spacial score (nSPS) is 18.9. The van der Waals surface area contributed by atoms with Crippen LogP contribution in [0, 0.1) is 0 Å². The number of nitrogens with zero attached hydrogens (tertiary/aromatic N) is 6. The molecule has 5 rings (SSSR count). The lowest BCUT2D eigenvalue weighted by molar-refractivity contribution is -0.0126. The minimum Gasteiger partial charge on any atom is -0.389 e. The number of anilines is 1. The van der Waals surface area contributed by atoms with E-state index in [1.165, 1.54) is 12.8 Å². The molecule has 2 N–H and O–H groups in total. The molecule has 9 heteroatoms. The van der Waals surface area contributed by atoms with Gasteiger partial charge in [-0.3, -0.25) is 10.5 Å². The Morgan fingerprint density at radius 1 is 1.17 bits per heavy atom. The smallest absolute Gasteiger partial charge is 0.157 e. The highest BCUT2D eigenvalue weighted by atomic mass is 16.7. The maximum atomic E-state index is 5.83. The summed E-state index contributed by atoms with van der Waals surface area (Å²) >= 11 is 0. The van der Waals surface area contributed by atoms with E-state index in [4.69, 9.17) is 4.84 Å². The van der Waals surface area contributed by atoms with Crippen molar-refractivity contribution in [1.29, 1.82) is 0 Å². The Balaban J connectivity index is 1.58. The first-order chi connectivity index (χ1) is 11.8. The molecule has 1 fully saturated rings. The van der Waals surface area contributed by atoms with Gasteiger partial charge in [-0.2, -0.15) is 5.10 Å². The summed E-state index contributed by atoms with van der Waals surface area (Å²) in [6, 6.07) is 0. The fraction of sp³-hybridized carbons (Fsp3) is 0.400. The lowest BCUT2D eigenvalue weighted by Gasteiger charge is -2.19. The number of pyridine rings is 1. The minimum atomic E-state index is -0.117. The molecular formula is C15H16N8O. The third-order valence-electron chi connectivity index (χ3n) is 4.81. The highest BCUT2D eigenvalue weighted by Gasteiger charge is 2.42. The number of nitrogens with one attached hydrogen (secondary N) is 2. The van der Waals surface area contributed by atoms with Crippen LogP contribution < -0.4 is 5.43 Å². The average molecular weight is 324 g/mol. The Morgan fingerprint density at radius 3 is 2.83 bits per heavy atom. The summed E-state index contributed by atoms with van der Waals surface area (Å²) in [5.74, 6) is 0. The first kappa shape index (κ1) is 13.5. The molecule has 3 aromatic heterocycles. The van der Waals surface area contributed by atoms with Crippen molar-refractivity contribution in [3.63, 3.8) is 0 Å². The van der Waals surface area contributed by atoms with Gasteiger partial charge in [-0.25, -0.2) is 9.66 Å². The first-order valence-electron chi connectivity index (χ1n) is 8.02. The molecule has 1 saturated carbocycles. The standard InChI is InChI=1S/C15H16N8O/c1-2-4-15(3-1)5-12(22-24-15)10-6-16-14-11(7-17-20-14)13(10)21-23-8-18-19-9-23/h6-9H,1-5H2,(H2,16,17,20,21).